The summed E-state index contributed by atoms with van der Waals surface area (Å²) in [5, 5.41) is 8.60. The first-order chi connectivity index (χ1) is 11.8. The van der Waals surface area contributed by atoms with E-state index in [0.717, 1.165) is 6.07 Å². The van der Waals surface area contributed by atoms with Gasteiger partial charge in [-0.15, -0.1) is 0 Å². The van der Waals surface area contributed by atoms with Crippen molar-refractivity contribution in [2.24, 2.45) is 0 Å². The van der Waals surface area contributed by atoms with Gasteiger partial charge < -0.3 is 10.6 Å². The number of hydrogen-bond donors (Lipinski definition) is 2. The second-order valence-electron chi connectivity index (χ2n) is 5.11. The topological polar surface area (TPSA) is 58.2 Å². The number of amides is 2. The Morgan fingerprint density at radius 2 is 1.96 bits per heavy atom. The molecule has 1 heterocycles. The number of nitrogens with one attached hydrogen (secondary N) is 2. The maximum Gasteiger partial charge on any atom is 0.417 e. The molecule has 2 rings (SSSR count). The third kappa shape index (κ3) is 5.86. The van der Waals surface area contributed by atoms with Crippen molar-refractivity contribution in [1.82, 2.24) is 5.32 Å². The molecule has 4 nitrogen and oxygen atoms in total. The van der Waals surface area contributed by atoms with E-state index in [2.05, 4.69) is 26.6 Å². The summed E-state index contributed by atoms with van der Waals surface area (Å²) in [6, 6.07) is 5.19. The standard InChI is InChI=1S/C16H14BrF3N2O2S/c17-13-4-3-11(8-12(13)16(18,19)20)22-14(23)2-1-6-21-15(24)10-5-7-25-9-10/h3-5,7-9H,1-2,6H2,(H,21,24)(H,22,23). The van der Waals surface area contributed by atoms with Crippen LogP contribution < -0.4 is 10.6 Å². The first-order valence-electron chi connectivity index (χ1n) is 7.24. The molecular weight excluding hydrogens is 421 g/mol. The van der Waals surface area contributed by atoms with Gasteiger partial charge in [-0.1, -0.05) is 15.9 Å². The highest BCUT2D eigenvalue weighted by atomic mass is 79.9. The third-order valence-electron chi connectivity index (χ3n) is 3.21. The minimum atomic E-state index is -4.51. The normalized spacial score (nSPS) is 11.2. The van der Waals surface area contributed by atoms with Crippen molar-refractivity contribution in [2.45, 2.75) is 19.0 Å². The van der Waals surface area contributed by atoms with Crippen LogP contribution in [0.1, 0.15) is 28.8 Å². The van der Waals surface area contributed by atoms with Crippen molar-refractivity contribution in [2.75, 3.05) is 11.9 Å². The minimum absolute atomic E-state index is 0.0721. The number of halogens is 4. The lowest BCUT2D eigenvalue weighted by Gasteiger charge is -2.12. The Kier molecular flexibility index (Phi) is 6.60. The van der Waals surface area contributed by atoms with E-state index in [4.69, 9.17) is 0 Å². The van der Waals surface area contributed by atoms with Crippen molar-refractivity contribution in [3.63, 3.8) is 0 Å². The number of hydrogen-bond acceptors (Lipinski definition) is 3. The molecule has 25 heavy (non-hydrogen) atoms. The maximum absolute atomic E-state index is 12.8. The summed E-state index contributed by atoms with van der Waals surface area (Å²) in [5.41, 5.74) is -0.222. The van der Waals surface area contributed by atoms with Gasteiger partial charge in [-0.3, -0.25) is 9.59 Å². The molecule has 0 radical (unpaired) electrons. The number of rotatable bonds is 6. The molecule has 1 aromatic carbocycles. The fourth-order valence-electron chi connectivity index (χ4n) is 1.99. The van der Waals surface area contributed by atoms with Crippen molar-refractivity contribution in [3.05, 3.63) is 50.6 Å². The second kappa shape index (κ2) is 8.48. The molecule has 0 fully saturated rings. The second-order valence-corrected chi connectivity index (χ2v) is 6.75. The minimum Gasteiger partial charge on any atom is -0.352 e. The zero-order chi connectivity index (χ0) is 18.4. The van der Waals surface area contributed by atoms with E-state index in [1.54, 1.807) is 16.8 Å². The summed E-state index contributed by atoms with van der Waals surface area (Å²) in [5.74, 6) is -0.635. The molecule has 0 unspecified atom stereocenters. The van der Waals surface area contributed by atoms with E-state index in [1.807, 2.05) is 0 Å². The summed E-state index contributed by atoms with van der Waals surface area (Å²) in [6.07, 6.45) is -4.04. The van der Waals surface area contributed by atoms with Gasteiger partial charge in [0.15, 0.2) is 0 Å². The van der Waals surface area contributed by atoms with Crippen molar-refractivity contribution >= 4 is 44.8 Å². The molecule has 134 valence electrons. The Labute approximate surface area is 154 Å². The number of benzene rings is 1. The highest BCUT2D eigenvalue weighted by Crippen LogP contribution is 2.36. The Morgan fingerprint density at radius 1 is 1.20 bits per heavy atom. The molecule has 2 aromatic rings. The molecule has 0 bridgehead atoms. The fourth-order valence-corrected chi connectivity index (χ4v) is 3.10. The zero-order valence-corrected chi connectivity index (χ0v) is 15.2. The summed E-state index contributed by atoms with van der Waals surface area (Å²) in [6.45, 7) is 0.302. The average Bonchev–Trinajstić information content (AvgIpc) is 3.06. The van der Waals surface area contributed by atoms with E-state index < -0.39 is 17.6 Å². The number of alkyl halides is 3. The van der Waals surface area contributed by atoms with Gasteiger partial charge in [0.25, 0.3) is 5.91 Å². The van der Waals surface area contributed by atoms with E-state index in [9.17, 15) is 22.8 Å². The molecule has 0 atom stereocenters. The smallest absolute Gasteiger partial charge is 0.352 e. The molecule has 0 saturated carbocycles. The van der Waals surface area contributed by atoms with Crippen LogP contribution in [-0.4, -0.2) is 18.4 Å². The maximum atomic E-state index is 12.8. The highest BCUT2D eigenvalue weighted by molar-refractivity contribution is 9.10. The lowest BCUT2D eigenvalue weighted by atomic mass is 10.2. The Balaban J connectivity index is 1.80. The SMILES string of the molecule is O=C(CCCNC(=O)c1ccsc1)Nc1ccc(Br)c(C(F)(F)F)c1. The third-order valence-corrected chi connectivity index (χ3v) is 4.58. The number of thiophene rings is 1. The summed E-state index contributed by atoms with van der Waals surface area (Å²) in [7, 11) is 0. The van der Waals surface area contributed by atoms with Gasteiger partial charge in [0.1, 0.15) is 0 Å². The van der Waals surface area contributed by atoms with Crippen molar-refractivity contribution in [1.29, 1.82) is 0 Å². The molecular formula is C16H14BrF3N2O2S. The first-order valence-corrected chi connectivity index (χ1v) is 8.98. The summed E-state index contributed by atoms with van der Waals surface area (Å²) >= 11 is 4.25. The Hall–Kier alpha value is -1.87. The average molecular weight is 435 g/mol. The lowest BCUT2D eigenvalue weighted by Crippen LogP contribution is -2.25. The van der Waals surface area contributed by atoms with Crippen molar-refractivity contribution < 1.29 is 22.8 Å². The van der Waals surface area contributed by atoms with Crippen LogP contribution in [-0.2, 0) is 11.0 Å². The quantitative estimate of drug-likeness (QED) is 0.648. The van der Waals surface area contributed by atoms with Crippen LogP contribution >= 0.6 is 27.3 Å². The highest BCUT2D eigenvalue weighted by Gasteiger charge is 2.33. The number of anilines is 1. The predicted octanol–water partition coefficient (Wildman–Crippen LogP) is 4.68. The molecule has 9 heteroatoms. The number of carbonyl (C=O) groups is 2. The first kappa shape index (κ1) is 19.5. The van der Waals surface area contributed by atoms with Crippen LogP contribution in [0.15, 0.2) is 39.5 Å². The fraction of sp³-hybridized carbons (Fsp3) is 0.250. The van der Waals surface area contributed by atoms with Crippen LogP contribution in [0.4, 0.5) is 18.9 Å². The van der Waals surface area contributed by atoms with Crippen LogP contribution in [0.2, 0.25) is 0 Å². The summed E-state index contributed by atoms with van der Waals surface area (Å²) in [4.78, 5) is 23.5. The molecule has 0 spiro atoms. The molecule has 0 saturated heterocycles. The van der Waals surface area contributed by atoms with Gasteiger partial charge in [0, 0.05) is 34.1 Å². The van der Waals surface area contributed by atoms with E-state index >= 15 is 0 Å². The summed E-state index contributed by atoms with van der Waals surface area (Å²) < 4.78 is 38.4. The van der Waals surface area contributed by atoms with Gasteiger partial charge in [-0.05, 0) is 36.1 Å². The molecule has 1 aromatic heterocycles. The van der Waals surface area contributed by atoms with Gasteiger partial charge >= 0.3 is 6.18 Å². The largest absolute Gasteiger partial charge is 0.417 e. The Bertz CT molecular complexity index is 748. The van der Waals surface area contributed by atoms with E-state index in [-0.39, 0.29) is 22.5 Å². The predicted molar refractivity (Wildman–Crippen MR) is 93.7 cm³/mol. The molecule has 0 aliphatic rings. The lowest BCUT2D eigenvalue weighted by molar-refractivity contribution is -0.138. The van der Waals surface area contributed by atoms with Gasteiger partial charge in [-0.25, -0.2) is 0 Å². The number of carbonyl (C=O) groups excluding carboxylic acids is 2. The van der Waals surface area contributed by atoms with E-state index in [1.165, 1.54) is 23.5 Å². The van der Waals surface area contributed by atoms with Crippen LogP contribution in [0.25, 0.3) is 0 Å². The van der Waals surface area contributed by atoms with Crippen LogP contribution in [0.5, 0.6) is 0 Å². The van der Waals surface area contributed by atoms with Gasteiger partial charge in [0.05, 0.1) is 5.56 Å². The van der Waals surface area contributed by atoms with Crippen LogP contribution in [0.3, 0.4) is 0 Å². The van der Waals surface area contributed by atoms with Crippen LogP contribution in [0, 0.1) is 0 Å². The van der Waals surface area contributed by atoms with E-state index in [0.29, 0.717) is 18.5 Å². The molecule has 0 aliphatic carbocycles. The van der Waals surface area contributed by atoms with Gasteiger partial charge in [0.2, 0.25) is 5.91 Å². The molecule has 0 aliphatic heterocycles. The molecule has 2 amide bonds. The molecule has 2 N–H and O–H groups in total. The monoisotopic (exact) mass is 434 g/mol. The van der Waals surface area contributed by atoms with Gasteiger partial charge in [-0.2, -0.15) is 24.5 Å². The Morgan fingerprint density at radius 3 is 2.60 bits per heavy atom. The zero-order valence-electron chi connectivity index (χ0n) is 12.8. The van der Waals surface area contributed by atoms with Crippen molar-refractivity contribution in [3.8, 4) is 0 Å².